The minimum absolute atomic E-state index is 0.147. The van der Waals surface area contributed by atoms with Crippen LogP contribution in [0.2, 0.25) is 0 Å². The van der Waals surface area contributed by atoms with E-state index in [1.165, 1.54) is 11.8 Å². The molecule has 0 fully saturated rings. The Morgan fingerprint density at radius 2 is 1.74 bits per heavy atom. The molecule has 0 aliphatic heterocycles. The molecule has 0 radical (unpaired) electrons. The van der Waals surface area contributed by atoms with Gasteiger partial charge < -0.3 is 10.2 Å². The van der Waals surface area contributed by atoms with Gasteiger partial charge in [-0.05, 0) is 24.1 Å². The zero-order valence-corrected chi connectivity index (χ0v) is 14.0. The van der Waals surface area contributed by atoms with Crippen molar-refractivity contribution in [3.8, 4) is 5.75 Å². The Balaban J connectivity index is 2.08. The van der Waals surface area contributed by atoms with Gasteiger partial charge in [-0.2, -0.15) is 0 Å². The van der Waals surface area contributed by atoms with Crippen molar-refractivity contribution in [3.05, 3.63) is 60.2 Å². The summed E-state index contributed by atoms with van der Waals surface area (Å²) in [4.78, 5) is 12.2. The molecule has 4 nitrogen and oxygen atoms in total. The van der Waals surface area contributed by atoms with Gasteiger partial charge in [-0.3, -0.25) is 9.36 Å². The molecule has 120 valence electrons. The minimum Gasteiger partial charge on any atom is -0.507 e. The van der Waals surface area contributed by atoms with Crippen molar-refractivity contribution < 1.29 is 19.6 Å². The van der Waals surface area contributed by atoms with Crippen LogP contribution in [0.4, 0.5) is 0 Å². The van der Waals surface area contributed by atoms with E-state index in [0.29, 0.717) is 17.1 Å². The molecular formula is C17H17O4PS. The summed E-state index contributed by atoms with van der Waals surface area (Å²) < 4.78 is 11.5. The molecule has 0 aliphatic rings. The molecule has 23 heavy (non-hydrogen) atoms. The van der Waals surface area contributed by atoms with Gasteiger partial charge in [0.15, 0.2) is 8.46 Å². The lowest BCUT2D eigenvalue weighted by Gasteiger charge is -2.18. The molecule has 0 aromatic heterocycles. The smallest absolute Gasteiger partial charge is 0.307 e. The summed E-state index contributed by atoms with van der Waals surface area (Å²) >= 11 is 1.32. The van der Waals surface area contributed by atoms with Crippen molar-refractivity contribution >= 4 is 26.2 Å². The zero-order valence-electron chi connectivity index (χ0n) is 12.3. The quantitative estimate of drug-likeness (QED) is 0.555. The molecule has 0 saturated heterocycles. The molecule has 0 heterocycles. The van der Waals surface area contributed by atoms with Crippen LogP contribution in [-0.2, 0) is 15.8 Å². The normalized spacial score (nSPS) is 13.6. The Hall–Kier alpha value is -1.84. The molecule has 0 saturated carbocycles. The highest BCUT2D eigenvalue weighted by molar-refractivity contribution is 7.99. The second-order valence-corrected chi connectivity index (χ2v) is 7.02. The highest BCUT2D eigenvalue weighted by Gasteiger charge is 2.29. The molecule has 0 aliphatic carbocycles. The Morgan fingerprint density at radius 3 is 2.35 bits per heavy atom. The highest BCUT2D eigenvalue weighted by Crippen LogP contribution is 2.33. The van der Waals surface area contributed by atoms with Gasteiger partial charge in [0.25, 0.3) is 0 Å². The number of phenols is 1. The summed E-state index contributed by atoms with van der Waals surface area (Å²) in [5.41, 5.74) is 0.374. The molecule has 0 spiro atoms. The molecule has 2 unspecified atom stereocenters. The van der Waals surface area contributed by atoms with Gasteiger partial charge in [-0.25, -0.2) is 0 Å². The van der Waals surface area contributed by atoms with E-state index < -0.39 is 17.5 Å². The summed E-state index contributed by atoms with van der Waals surface area (Å²) in [7, 11) is -0.197. The van der Waals surface area contributed by atoms with E-state index in [9.17, 15) is 19.6 Å². The number of carbonyl (C=O) groups is 1. The maximum Gasteiger partial charge on any atom is 0.307 e. The number of carboxylic acid groups (broad SMARTS) is 1. The predicted molar refractivity (Wildman–Crippen MR) is 91.5 cm³/mol. The molecule has 6 heteroatoms. The van der Waals surface area contributed by atoms with Crippen LogP contribution in [0.5, 0.6) is 5.75 Å². The Bertz CT molecular complexity index is 663. The fourth-order valence-corrected chi connectivity index (χ4v) is 4.05. The fourth-order valence-electron chi connectivity index (χ4n) is 2.23. The van der Waals surface area contributed by atoms with Gasteiger partial charge in [-0.1, -0.05) is 42.5 Å². The largest absolute Gasteiger partial charge is 0.507 e. The summed E-state index contributed by atoms with van der Waals surface area (Å²) in [6, 6.07) is 16.2. The van der Waals surface area contributed by atoms with Gasteiger partial charge in [0.05, 0.1) is 11.6 Å². The first-order valence-corrected chi connectivity index (χ1v) is 8.98. The van der Waals surface area contributed by atoms with Gasteiger partial charge in [-0.15, -0.1) is 11.8 Å². The van der Waals surface area contributed by atoms with E-state index in [2.05, 4.69) is 0 Å². The molecule has 2 rings (SSSR count). The maximum atomic E-state index is 11.6. The molecule has 2 aromatic carbocycles. The van der Waals surface area contributed by atoms with Crippen molar-refractivity contribution in [2.45, 2.75) is 17.0 Å². The predicted octanol–water partition coefficient (Wildman–Crippen LogP) is 4.09. The summed E-state index contributed by atoms with van der Waals surface area (Å²) in [6.07, 6.45) is 0.331. The standard InChI is InChI=1S/C17H17O4PS/c18-14-8-4-5-9-16(14)23-11-15(22-21)13(17(19)20)10-12-6-2-1-3-7-12/h1-9,13,15,18H,10-11H2,(H,19,20). The lowest BCUT2D eigenvalue weighted by atomic mass is 9.96. The van der Waals surface area contributed by atoms with Crippen LogP contribution in [0.15, 0.2) is 59.5 Å². The van der Waals surface area contributed by atoms with Crippen molar-refractivity contribution in [2.24, 2.45) is 5.92 Å². The molecule has 2 N–H and O–H groups in total. The van der Waals surface area contributed by atoms with Gasteiger partial charge in [0.1, 0.15) is 5.75 Å². The van der Waals surface area contributed by atoms with E-state index in [1.54, 1.807) is 24.3 Å². The van der Waals surface area contributed by atoms with Gasteiger partial charge in [0, 0.05) is 10.6 Å². The lowest BCUT2D eigenvalue weighted by molar-refractivity contribution is -0.141. The van der Waals surface area contributed by atoms with Crippen molar-refractivity contribution in [2.75, 3.05) is 5.75 Å². The molecule has 0 amide bonds. The number of phenolic OH excluding ortho intramolecular Hbond substituents is 1. The number of hydrogen-bond donors (Lipinski definition) is 2. The summed E-state index contributed by atoms with van der Waals surface area (Å²) in [5, 5.41) is 19.2. The number of rotatable bonds is 8. The van der Waals surface area contributed by atoms with E-state index in [0.717, 1.165) is 5.56 Å². The number of aliphatic carboxylic acids is 1. The number of thioether (sulfide) groups is 1. The number of hydrogen-bond acceptors (Lipinski definition) is 4. The second-order valence-electron chi connectivity index (χ2n) is 5.09. The third kappa shape index (κ3) is 5.08. The Labute approximate surface area is 140 Å². The molecule has 2 atom stereocenters. The number of benzene rings is 2. The maximum absolute atomic E-state index is 11.6. The van der Waals surface area contributed by atoms with Crippen molar-refractivity contribution in [1.29, 1.82) is 0 Å². The number of para-hydroxylation sites is 1. The minimum atomic E-state index is -0.958. The second kappa shape index (κ2) is 8.70. The third-order valence-corrected chi connectivity index (χ3v) is 5.73. The Kier molecular flexibility index (Phi) is 6.63. The molecule has 2 aromatic rings. The van der Waals surface area contributed by atoms with Crippen LogP contribution < -0.4 is 0 Å². The van der Waals surface area contributed by atoms with E-state index >= 15 is 0 Å². The Morgan fingerprint density at radius 1 is 1.09 bits per heavy atom. The fraction of sp³-hybridized carbons (Fsp3) is 0.235. The average Bonchev–Trinajstić information content (AvgIpc) is 2.56. The lowest BCUT2D eigenvalue weighted by Crippen LogP contribution is -2.28. The van der Waals surface area contributed by atoms with Crippen LogP contribution >= 0.6 is 20.2 Å². The molecular weight excluding hydrogens is 331 g/mol. The first kappa shape index (κ1) is 17.5. The number of aromatic hydroxyl groups is 1. The average molecular weight is 348 g/mol. The summed E-state index contributed by atoms with van der Waals surface area (Å²) in [6.45, 7) is 0. The van der Waals surface area contributed by atoms with Crippen molar-refractivity contribution in [3.63, 3.8) is 0 Å². The van der Waals surface area contributed by atoms with Gasteiger partial charge >= 0.3 is 5.97 Å². The monoisotopic (exact) mass is 348 g/mol. The zero-order chi connectivity index (χ0) is 16.7. The first-order chi connectivity index (χ1) is 11.1. The molecule has 0 bridgehead atoms. The van der Waals surface area contributed by atoms with Crippen LogP contribution in [0.25, 0.3) is 0 Å². The van der Waals surface area contributed by atoms with E-state index in [-0.39, 0.29) is 14.2 Å². The van der Waals surface area contributed by atoms with Crippen molar-refractivity contribution in [1.82, 2.24) is 0 Å². The van der Waals surface area contributed by atoms with Gasteiger partial charge in [0.2, 0.25) is 0 Å². The van der Waals surface area contributed by atoms with Crippen LogP contribution in [0.1, 0.15) is 5.56 Å². The summed E-state index contributed by atoms with van der Waals surface area (Å²) in [5.74, 6) is -1.20. The SMILES string of the molecule is O=PC(CSc1ccccc1O)C(Cc1ccccc1)C(=O)O. The topological polar surface area (TPSA) is 74.6 Å². The van der Waals surface area contributed by atoms with Crippen LogP contribution in [0.3, 0.4) is 0 Å². The van der Waals surface area contributed by atoms with Crippen LogP contribution in [-0.4, -0.2) is 27.6 Å². The third-order valence-electron chi connectivity index (χ3n) is 3.49. The van der Waals surface area contributed by atoms with E-state index in [4.69, 9.17) is 0 Å². The number of carboxylic acids is 1. The highest BCUT2D eigenvalue weighted by atomic mass is 32.2. The van der Waals surface area contributed by atoms with E-state index in [1.807, 2.05) is 30.3 Å². The first-order valence-electron chi connectivity index (χ1n) is 7.12. The van der Waals surface area contributed by atoms with Crippen LogP contribution in [0, 0.1) is 5.92 Å².